The number of benzene rings is 1. The van der Waals surface area contributed by atoms with E-state index in [-0.39, 0.29) is 5.82 Å². The number of hydrogen-bond acceptors (Lipinski definition) is 3. The van der Waals surface area contributed by atoms with Crippen LogP contribution in [-0.4, -0.2) is 37.7 Å². The molecule has 1 aromatic rings. The molecule has 1 atom stereocenters. The third-order valence-electron chi connectivity index (χ3n) is 3.90. The fraction of sp³-hybridized carbons (Fsp3) is 0.625. The smallest absolute Gasteiger partial charge is 0.131 e. The Morgan fingerprint density at radius 2 is 2.05 bits per heavy atom. The molecule has 1 heterocycles. The molecule has 0 aromatic heterocycles. The van der Waals surface area contributed by atoms with Crippen LogP contribution in [0.4, 0.5) is 4.39 Å². The fourth-order valence-electron chi connectivity index (χ4n) is 2.77. The van der Waals surface area contributed by atoms with E-state index in [0.29, 0.717) is 23.9 Å². The first-order valence-electron chi connectivity index (χ1n) is 7.48. The molecule has 1 unspecified atom stereocenters. The summed E-state index contributed by atoms with van der Waals surface area (Å²) >= 11 is 0. The number of hydrogen-bond donors (Lipinski definition) is 1. The lowest BCUT2D eigenvalue weighted by molar-refractivity contribution is 0.208. The van der Waals surface area contributed by atoms with Gasteiger partial charge in [-0.05, 0) is 45.0 Å². The van der Waals surface area contributed by atoms with E-state index in [9.17, 15) is 4.39 Å². The molecule has 1 saturated heterocycles. The van der Waals surface area contributed by atoms with Crippen molar-refractivity contribution in [2.75, 3.05) is 26.7 Å². The van der Waals surface area contributed by atoms with Crippen LogP contribution in [0, 0.1) is 5.82 Å². The van der Waals surface area contributed by atoms with Gasteiger partial charge in [-0.2, -0.15) is 0 Å². The summed E-state index contributed by atoms with van der Waals surface area (Å²) in [6.07, 6.45) is 3.95. The summed E-state index contributed by atoms with van der Waals surface area (Å²) in [5, 5.41) is 3.40. The minimum atomic E-state index is -0.206. The number of nitrogens with one attached hydrogen (secondary N) is 1. The highest BCUT2D eigenvalue weighted by Gasteiger charge is 2.14. The van der Waals surface area contributed by atoms with Gasteiger partial charge >= 0.3 is 0 Å². The Bertz CT molecular complexity index is 419. The van der Waals surface area contributed by atoms with Crippen LogP contribution in [0.3, 0.4) is 0 Å². The lowest BCUT2D eigenvalue weighted by atomic mass is 10.1. The summed E-state index contributed by atoms with van der Waals surface area (Å²) in [4.78, 5) is 2.49. The Balaban J connectivity index is 1.85. The van der Waals surface area contributed by atoms with Crippen LogP contribution in [0.1, 0.15) is 31.7 Å². The van der Waals surface area contributed by atoms with Crippen molar-refractivity contribution in [3.05, 3.63) is 29.6 Å². The maximum atomic E-state index is 13.8. The zero-order chi connectivity index (χ0) is 14.4. The Morgan fingerprint density at radius 1 is 1.30 bits per heavy atom. The number of nitrogens with zero attached hydrogens (tertiary/aromatic N) is 1. The summed E-state index contributed by atoms with van der Waals surface area (Å²) in [6, 6.07) is 5.30. The molecular formula is C16H25FN2O. The number of halogens is 1. The van der Waals surface area contributed by atoms with Crippen LogP contribution in [0.2, 0.25) is 0 Å². The number of rotatable bonds is 6. The van der Waals surface area contributed by atoms with Crippen LogP contribution < -0.4 is 10.1 Å². The molecule has 0 amide bonds. The van der Waals surface area contributed by atoms with Gasteiger partial charge in [0.15, 0.2) is 0 Å². The molecule has 20 heavy (non-hydrogen) atoms. The summed E-state index contributed by atoms with van der Waals surface area (Å²) in [5.74, 6) is 0.407. The van der Waals surface area contributed by atoms with Crippen molar-refractivity contribution in [1.82, 2.24) is 10.2 Å². The molecule has 112 valence electrons. The van der Waals surface area contributed by atoms with Crippen LogP contribution in [0.5, 0.6) is 5.75 Å². The van der Waals surface area contributed by atoms with Crippen molar-refractivity contribution in [2.24, 2.45) is 0 Å². The van der Waals surface area contributed by atoms with Gasteiger partial charge < -0.3 is 15.0 Å². The van der Waals surface area contributed by atoms with E-state index in [1.165, 1.54) is 38.4 Å². The first kappa shape index (κ1) is 15.3. The second kappa shape index (κ2) is 7.60. The molecular weight excluding hydrogens is 255 g/mol. The van der Waals surface area contributed by atoms with Crippen LogP contribution in [0.15, 0.2) is 18.2 Å². The standard InChI is InChI=1S/C16H25FN2O/c1-13(12-19-9-4-3-5-10-19)18-11-14-15(17)7-6-8-16(14)20-2/h6-8,13,18H,3-5,9-12H2,1-2H3. The average molecular weight is 280 g/mol. The van der Waals surface area contributed by atoms with Gasteiger partial charge in [-0.1, -0.05) is 12.5 Å². The normalized spacial score (nSPS) is 17.9. The predicted molar refractivity (Wildman–Crippen MR) is 79.5 cm³/mol. The largest absolute Gasteiger partial charge is 0.496 e. The molecule has 0 radical (unpaired) electrons. The van der Waals surface area contributed by atoms with E-state index in [2.05, 4.69) is 17.1 Å². The molecule has 1 aliphatic rings. The first-order valence-corrected chi connectivity index (χ1v) is 7.48. The van der Waals surface area contributed by atoms with Crippen molar-refractivity contribution >= 4 is 0 Å². The molecule has 1 fully saturated rings. The summed E-state index contributed by atoms with van der Waals surface area (Å²) in [6.45, 7) is 6.06. The molecule has 1 aromatic carbocycles. The topological polar surface area (TPSA) is 24.5 Å². The number of piperidine rings is 1. The number of ether oxygens (including phenoxy) is 1. The van der Waals surface area contributed by atoms with Crippen LogP contribution >= 0.6 is 0 Å². The Labute approximate surface area is 121 Å². The van der Waals surface area contributed by atoms with Crippen molar-refractivity contribution in [2.45, 2.75) is 38.8 Å². The summed E-state index contributed by atoms with van der Waals surface area (Å²) < 4.78 is 19.0. The quantitative estimate of drug-likeness (QED) is 0.867. The van der Waals surface area contributed by atoms with E-state index in [1.54, 1.807) is 19.2 Å². The molecule has 0 aliphatic carbocycles. The van der Waals surface area contributed by atoms with Gasteiger partial charge in [0.25, 0.3) is 0 Å². The maximum absolute atomic E-state index is 13.8. The monoisotopic (exact) mass is 280 g/mol. The highest BCUT2D eigenvalue weighted by molar-refractivity contribution is 5.34. The minimum Gasteiger partial charge on any atom is -0.496 e. The average Bonchev–Trinajstić information content (AvgIpc) is 2.46. The molecule has 1 N–H and O–H groups in total. The van der Waals surface area contributed by atoms with Gasteiger partial charge in [0.2, 0.25) is 0 Å². The third-order valence-corrected chi connectivity index (χ3v) is 3.90. The molecule has 0 bridgehead atoms. The van der Waals surface area contributed by atoms with Crippen LogP contribution in [-0.2, 0) is 6.54 Å². The highest BCUT2D eigenvalue weighted by Crippen LogP contribution is 2.21. The number of methoxy groups -OCH3 is 1. The van der Waals surface area contributed by atoms with E-state index in [4.69, 9.17) is 4.74 Å². The van der Waals surface area contributed by atoms with Crippen molar-refractivity contribution in [3.8, 4) is 5.75 Å². The van der Waals surface area contributed by atoms with E-state index in [0.717, 1.165) is 6.54 Å². The van der Waals surface area contributed by atoms with Gasteiger partial charge in [-0.15, -0.1) is 0 Å². The second-order valence-corrected chi connectivity index (χ2v) is 5.56. The zero-order valence-electron chi connectivity index (χ0n) is 12.5. The SMILES string of the molecule is COc1cccc(F)c1CNC(C)CN1CCCCC1. The molecule has 2 rings (SSSR count). The van der Waals surface area contributed by atoms with Gasteiger partial charge in [0.05, 0.1) is 7.11 Å². The Hall–Kier alpha value is -1.13. The van der Waals surface area contributed by atoms with E-state index < -0.39 is 0 Å². The number of likely N-dealkylation sites (tertiary alicyclic amines) is 1. The van der Waals surface area contributed by atoms with Crippen molar-refractivity contribution in [1.29, 1.82) is 0 Å². The lowest BCUT2D eigenvalue weighted by Gasteiger charge is -2.29. The molecule has 0 spiro atoms. The van der Waals surface area contributed by atoms with Gasteiger partial charge in [-0.25, -0.2) is 4.39 Å². The summed E-state index contributed by atoms with van der Waals surface area (Å²) in [5.41, 5.74) is 0.612. The second-order valence-electron chi connectivity index (χ2n) is 5.56. The first-order chi connectivity index (χ1) is 9.70. The highest BCUT2D eigenvalue weighted by atomic mass is 19.1. The van der Waals surface area contributed by atoms with Gasteiger partial charge in [0, 0.05) is 24.7 Å². The van der Waals surface area contributed by atoms with Crippen LogP contribution in [0.25, 0.3) is 0 Å². The third kappa shape index (κ3) is 4.18. The maximum Gasteiger partial charge on any atom is 0.131 e. The molecule has 0 saturated carbocycles. The zero-order valence-corrected chi connectivity index (χ0v) is 12.5. The van der Waals surface area contributed by atoms with E-state index >= 15 is 0 Å². The fourth-order valence-corrected chi connectivity index (χ4v) is 2.77. The molecule has 3 nitrogen and oxygen atoms in total. The molecule has 1 aliphatic heterocycles. The summed E-state index contributed by atoms with van der Waals surface area (Å²) in [7, 11) is 1.58. The van der Waals surface area contributed by atoms with Crippen molar-refractivity contribution < 1.29 is 9.13 Å². The Morgan fingerprint density at radius 3 is 2.75 bits per heavy atom. The van der Waals surface area contributed by atoms with E-state index in [1.807, 2.05) is 0 Å². The van der Waals surface area contributed by atoms with Crippen molar-refractivity contribution in [3.63, 3.8) is 0 Å². The Kier molecular flexibility index (Phi) is 5.80. The lowest BCUT2D eigenvalue weighted by Crippen LogP contribution is -2.41. The minimum absolute atomic E-state index is 0.206. The van der Waals surface area contributed by atoms with Gasteiger partial charge in [-0.3, -0.25) is 0 Å². The van der Waals surface area contributed by atoms with Gasteiger partial charge in [0.1, 0.15) is 11.6 Å². The molecule has 4 heteroatoms. The predicted octanol–water partition coefficient (Wildman–Crippen LogP) is 2.80.